The maximum Gasteiger partial charge on any atom is 0.416 e. The Labute approximate surface area is 146 Å². The van der Waals surface area contributed by atoms with Crippen molar-refractivity contribution in [3.8, 4) is 11.1 Å². The zero-order chi connectivity index (χ0) is 17.9. The highest BCUT2D eigenvalue weighted by Gasteiger charge is 2.30. The summed E-state index contributed by atoms with van der Waals surface area (Å²) in [5.74, 6) is -0.536. The molecule has 0 radical (unpaired) electrons. The molecule has 1 N–H and O–H groups in total. The lowest BCUT2D eigenvalue weighted by Gasteiger charge is -2.11. The molecule has 0 aliphatic heterocycles. The molecule has 0 saturated heterocycles. The Kier molecular flexibility index (Phi) is 4.90. The van der Waals surface area contributed by atoms with Crippen LogP contribution in [0, 0.1) is 0 Å². The van der Waals surface area contributed by atoms with Crippen LogP contribution in [0.15, 0.2) is 65.4 Å². The highest BCUT2D eigenvalue weighted by atomic mass is 32.1. The summed E-state index contributed by atoms with van der Waals surface area (Å²) in [6.07, 6.45) is -4.47. The fourth-order valence-electron chi connectivity index (χ4n) is 2.49. The van der Waals surface area contributed by atoms with E-state index in [1.807, 2.05) is 41.1 Å². The summed E-state index contributed by atoms with van der Waals surface area (Å²) in [6, 6.07) is 14.0. The van der Waals surface area contributed by atoms with Crippen LogP contribution in [0.4, 0.5) is 13.2 Å². The predicted molar refractivity (Wildman–Crippen MR) is 92.4 cm³/mol. The van der Waals surface area contributed by atoms with Crippen LogP contribution in [0.1, 0.15) is 21.5 Å². The number of carbonyl (C=O) groups is 1. The Hall–Kier alpha value is -2.60. The molecule has 3 aromatic rings. The first kappa shape index (κ1) is 17.2. The van der Waals surface area contributed by atoms with E-state index >= 15 is 0 Å². The van der Waals surface area contributed by atoms with Crippen LogP contribution in [0.25, 0.3) is 11.1 Å². The van der Waals surface area contributed by atoms with Gasteiger partial charge in [0.05, 0.1) is 5.56 Å². The molecule has 2 nitrogen and oxygen atoms in total. The molecule has 0 unspecified atom stereocenters. The van der Waals surface area contributed by atoms with E-state index in [4.69, 9.17) is 0 Å². The first-order valence-corrected chi connectivity index (χ1v) is 8.45. The molecule has 128 valence electrons. The second-order valence-electron chi connectivity index (χ2n) is 5.43. The second kappa shape index (κ2) is 7.11. The van der Waals surface area contributed by atoms with Crippen LogP contribution >= 0.6 is 11.3 Å². The predicted octanol–water partition coefficient (Wildman–Crippen LogP) is 5.36. The number of rotatable bonds is 4. The summed E-state index contributed by atoms with van der Waals surface area (Å²) in [5.41, 5.74) is 2.10. The molecule has 6 heteroatoms. The zero-order valence-corrected chi connectivity index (χ0v) is 13.8. The van der Waals surface area contributed by atoms with Gasteiger partial charge in [-0.05, 0) is 51.7 Å². The molecular weight excluding hydrogens is 347 g/mol. The molecule has 0 bridgehead atoms. The van der Waals surface area contributed by atoms with Crippen LogP contribution in [0.5, 0.6) is 0 Å². The van der Waals surface area contributed by atoms with Crippen molar-refractivity contribution < 1.29 is 18.0 Å². The van der Waals surface area contributed by atoms with Crippen molar-refractivity contribution in [3.05, 3.63) is 82.0 Å². The van der Waals surface area contributed by atoms with Gasteiger partial charge in [-0.2, -0.15) is 24.5 Å². The van der Waals surface area contributed by atoms with Crippen molar-refractivity contribution in [2.75, 3.05) is 0 Å². The number of hydrogen-bond acceptors (Lipinski definition) is 2. The maximum absolute atomic E-state index is 12.8. The van der Waals surface area contributed by atoms with Crippen LogP contribution < -0.4 is 5.32 Å². The van der Waals surface area contributed by atoms with Crippen molar-refractivity contribution in [1.82, 2.24) is 5.32 Å². The molecule has 0 fully saturated rings. The van der Waals surface area contributed by atoms with Gasteiger partial charge in [0.2, 0.25) is 0 Å². The number of halogens is 3. The summed E-state index contributed by atoms with van der Waals surface area (Å²) >= 11 is 1.57. The molecule has 3 rings (SSSR count). The molecular formula is C19H14F3NOS. The first-order chi connectivity index (χ1) is 11.9. The van der Waals surface area contributed by atoms with E-state index in [2.05, 4.69) is 5.32 Å². The van der Waals surface area contributed by atoms with Gasteiger partial charge in [0.15, 0.2) is 0 Å². The quantitative estimate of drug-likeness (QED) is 0.666. The first-order valence-electron chi connectivity index (χ1n) is 7.51. The standard InChI is InChI=1S/C19H14F3NOS/c20-19(21,22)16-6-3-5-13(10-16)18(24)23-11-14-4-1-2-7-17(14)15-8-9-25-12-15/h1-10,12H,11H2,(H,23,24). The monoisotopic (exact) mass is 361 g/mol. The van der Waals surface area contributed by atoms with Gasteiger partial charge in [0, 0.05) is 12.1 Å². The van der Waals surface area contributed by atoms with Gasteiger partial charge in [-0.25, -0.2) is 0 Å². The number of alkyl halides is 3. The molecule has 25 heavy (non-hydrogen) atoms. The van der Waals surface area contributed by atoms with E-state index < -0.39 is 17.6 Å². The number of benzene rings is 2. The van der Waals surface area contributed by atoms with Crippen molar-refractivity contribution >= 4 is 17.2 Å². The topological polar surface area (TPSA) is 29.1 Å². The smallest absolute Gasteiger partial charge is 0.348 e. The van der Waals surface area contributed by atoms with Gasteiger partial charge in [-0.1, -0.05) is 30.3 Å². The van der Waals surface area contributed by atoms with Crippen LogP contribution in [0.2, 0.25) is 0 Å². The van der Waals surface area contributed by atoms with Crippen molar-refractivity contribution in [2.24, 2.45) is 0 Å². The number of carbonyl (C=O) groups excluding carboxylic acids is 1. The van der Waals surface area contributed by atoms with Crippen LogP contribution in [-0.4, -0.2) is 5.91 Å². The highest BCUT2D eigenvalue weighted by molar-refractivity contribution is 7.08. The molecule has 0 spiro atoms. The summed E-state index contributed by atoms with van der Waals surface area (Å²) in [7, 11) is 0. The van der Waals surface area contributed by atoms with Crippen molar-refractivity contribution in [2.45, 2.75) is 12.7 Å². The molecule has 0 atom stereocenters. The van der Waals surface area contributed by atoms with Gasteiger partial charge in [0.25, 0.3) is 5.91 Å². The number of amides is 1. The fraction of sp³-hybridized carbons (Fsp3) is 0.105. The van der Waals surface area contributed by atoms with E-state index in [9.17, 15) is 18.0 Å². The van der Waals surface area contributed by atoms with Gasteiger partial charge in [0.1, 0.15) is 0 Å². The highest BCUT2D eigenvalue weighted by Crippen LogP contribution is 2.29. The fourth-order valence-corrected chi connectivity index (χ4v) is 3.14. The van der Waals surface area contributed by atoms with E-state index in [-0.39, 0.29) is 12.1 Å². The average molecular weight is 361 g/mol. The van der Waals surface area contributed by atoms with Gasteiger partial charge in [-0.15, -0.1) is 0 Å². The lowest BCUT2D eigenvalue weighted by Crippen LogP contribution is -2.23. The van der Waals surface area contributed by atoms with Gasteiger partial charge in [-0.3, -0.25) is 4.79 Å². The maximum atomic E-state index is 12.8. The molecule has 1 heterocycles. The Morgan fingerprint density at radius 2 is 1.84 bits per heavy atom. The van der Waals surface area contributed by atoms with Crippen LogP contribution in [0.3, 0.4) is 0 Å². The van der Waals surface area contributed by atoms with Crippen molar-refractivity contribution in [3.63, 3.8) is 0 Å². The average Bonchev–Trinajstić information content (AvgIpc) is 3.14. The summed E-state index contributed by atoms with van der Waals surface area (Å²) in [5, 5.41) is 6.67. The normalized spacial score (nSPS) is 11.3. The Morgan fingerprint density at radius 3 is 2.56 bits per heavy atom. The van der Waals surface area contributed by atoms with E-state index in [1.54, 1.807) is 11.3 Å². The Bertz CT molecular complexity index is 872. The zero-order valence-electron chi connectivity index (χ0n) is 13.0. The van der Waals surface area contributed by atoms with Gasteiger partial charge < -0.3 is 5.32 Å². The minimum atomic E-state index is -4.47. The summed E-state index contributed by atoms with van der Waals surface area (Å²) in [4.78, 5) is 12.2. The second-order valence-corrected chi connectivity index (χ2v) is 6.21. The number of thiophene rings is 1. The summed E-state index contributed by atoms with van der Waals surface area (Å²) in [6.45, 7) is 0.237. The molecule has 1 amide bonds. The lowest BCUT2D eigenvalue weighted by atomic mass is 10.0. The van der Waals surface area contributed by atoms with Gasteiger partial charge >= 0.3 is 6.18 Å². The van der Waals surface area contributed by atoms with E-state index in [1.165, 1.54) is 12.1 Å². The third-order valence-electron chi connectivity index (χ3n) is 3.74. The number of hydrogen-bond donors (Lipinski definition) is 1. The van der Waals surface area contributed by atoms with E-state index in [0.29, 0.717) is 0 Å². The third-order valence-corrected chi connectivity index (χ3v) is 4.42. The third kappa shape index (κ3) is 4.09. The Balaban J connectivity index is 1.76. The Morgan fingerprint density at radius 1 is 1.04 bits per heavy atom. The SMILES string of the molecule is O=C(NCc1ccccc1-c1ccsc1)c1cccc(C(F)(F)F)c1. The number of nitrogens with one attached hydrogen (secondary N) is 1. The minimum absolute atomic E-state index is 0.0113. The molecule has 0 saturated carbocycles. The lowest BCUT2D eigenvalue weighted by molar-refractivity contribution is -0.137. The summed E-state index contributed by atoms with van der Waals surface area (Å²) < 4.78 is 38.3. The van der Waals surface area contributed by atoms with E-state index in [0.717, 1.165) is 28.8 Å². The molecule has 1 aromatic heterocycles. The minimum Gasteiger partial charge on any atom is -0.348 e. The molecule has 0 aliphatic rings. The largest absolute Gasteiger partial charge is 0.416 e. The van der Waals surface area contributed by atoms with Crippen LogP contribution in [-0.2, 0) is 12.7 Å². The van der Waals surface area contributed by atoms with Crippen molar-refractivity contribution in [1.29, 1.82) is 0 Å². The molecule has 0 aliphatic carbocycles. The molecule has 2 aromatic carbocycles.